The lowest BCUT2D eigenvalue weighted by atomic mass is 9.90. The van der Waals surface area contributed by atoms with Crippen molar-refractivity contribution in [2.75, 3.05) is 13.1 Å². The van der Waals surface area contributed by atoms with Crippen LogP contribution < -0.4 is 0 Å². The van der Waals surface area contributed by atoms with Gasteiger partial charge in [0.2, 0.25) is 0 Å². The van der Waals surface area contributed by atoms with E-state index in [1.165, 1.54) is 11.3 Å². The fourth-order valence-corrected chi connectivity index (χ4v) is 5.30. The van der Waals surface area contributed by atoms with Gasteiger partial charge in [0.1, 0.15) is 11.2 Å². The molecule has 0 radical (unpaired) electrons. The molecule has 5 heterocycles. The molecular weight excluding hydrogens is 424 g/mol. The van der Waals surface area contributed by atoms with Gasteiger partial charge >= 0.3 is 6.09 Å². The van der Waals surface area contributed by atoms with Crippen LogP contribution in [0.2, 0.25) is 0 Å². The average molecular weight is 461 g/mol. The molecule has 0 spiro atoms. The highest BCUT2D eigenvalue weighted by Crippen LogP contribution is 2.34. The Bertz CT molecular complexity index is 1180. The van der Waals surface area contributed by atoms with E-state index in [0.29, 0.717) is 12.0 Å². The molecule has 6 heteroatoms. The van der Waals surface area contributed by atoms with Gasteiger partial charge in [0, 0.05) is 43.5 Å². The Morgan fingerprint density at radius 2 is 1.79 bits per heavy atom. The van der Waals surface area contributed by atoms with Crippen molar-refractivity contribution in [2.24, 2.45) is 0 Å². The van der Waals surface area contributed by atoms with Crippen LogP contribution in [0.25, 0.3) is 16.9 Å². The largest absolute Gasteiger partial charge is 0.444 e. The fraction of sp³-hybridized carbons (Fsp3) is 0.500. The number of imidazole rings is 1. The number of ether oxygens (including phenoxy) is 1. The summed E-state index contributed by atoms with van der Waals surface area (Å²) in [6.45, 7) is 12.6. The number of hydrogen-bond donors (Lipinski definition) is 0. The van der Waals surface area contributed by atoms with E-state index in [0.717, 1.165) is 49.4 Å². The Hall–Kier alpha value is -2.86. The van der Waals surface area contributed by atoms with E-state index in [1.807, 2.05) is 31.7 Å². The van der Waals surface area contributed by atoms with E-state index in [2.05, 4.69) is 65.7 Å². The lowest BCUT2D eigenvalue weighted by molar-refractivity contribution is -0.0439. The van der Waals surface area contributed by atoms with Gasteiger partial charge in [0.05, 0.1) is 11.4 Å². The maximum atomic E-state index is 12.8. The van der Waals surface area contributed by atoms with Crippen LogP contribution >= 0.6 is 0 Å². The highest BCUT2D eigenvalue weighted by molar-refractivity contribution is 5.69. The molecule has 2 unspecified atom stereocenters. The lowest BCUT2D eigenvalue weighted by Crippen LogP contribution is -2.64. The quantitative estimate of drug-likeness (QED) is 0.500. The van der Waals surface area contributed by atoms with E-state index in [-0.39, 0.29) is 12.1 Å². The zero-order valence-corrected chi connectivity index (χ0v) is 21.0. The number of fused-ring (bicyclic) bond motifs is 4. The van der Waals surface area contributed by atoms with Crippen LogP contribution in [-0.2, 0) is 11.3 Å². The first-order chi connectivity index (χ1) is 16.2. The number of amides is 1. The van der Waals surface area contributed by atoms with Crippen molar-refractivity contribution in [1.82, 2.24) is 19.2 Å². The molecule has 3 aliphatic rings. The summed E-state index contributed by atoms with van der Waals surface area (Å²) in [6.07, 6.45) is 4.08. The maximum absolute atomic E-state index is 12.8. The molecule has 6 rings (SSSR count). The third kappa shape index (κ3) is 4.43. The second kappa shape index (κ2) is 8.73. The maximum Gasteiger partial charge on any atom is 0.410 e. The predicted molar refractivity (Wildman–Crippen MR) is 135 cm³/mol. The standard InChI is InChI=1S/C28H36N4O2/c1-19(2)20-9-11-21(12-10-20)26-24(31-15-7-6-8-25(31)29-26)18-30-16-23-14-13-22(30)17-32(23)27(33)34-28(3,4)5/h6-12,15,19,22-23H,13-14,16-18H2,1-5H3. The number of hydrogen-bond acceptors (Lipinski definition) is 4. The van der Waals surface area contributed by atoms with Crippen molar-refractivity contribution in [2.45, 2.75) is 77.6 Å². The zero-order chi connectivity index (χ0) is 24.0. The third-order valence-corrected chi connectivity index (χ3v) is 7.10. The Balaban J connectivity index is 1.41. The number of piperazine rings is 1. The van der Waals surface area contributed by atoms with Gasteiger partial charge in [0.25, 0.3) is 0 Å². The Morgan fingerprint density at radius 1 is 1.06 bits per heavy atom. The number of pyridine rings is 1. The summed E-state index contributed by atoms with van der Waals surface area (Å²) in [4.78, 5) is 22.3. The van der Waals surface area contributed by atoms with Crippen molar-refractivity contribution >= 4 is 11.7 Å². The fourth-order valence-electron chi connectivity index (χ4n) is 5.30. The van der Waals surface area contributed by atoms with E-state index in [1.54, 1.807) is 0 Å². The molecule has 3 aliphatic heterocycles. The molecule has 0 saturated carbocycles. The van der Waals surface area contributed by atoms with E-state index < -0.39 is 5.60 Å². The van der Waals surface area contributed by atoms with Crippen LogP contribution in [0.1, 0.15) is 64.6 Å². The van der Waals surface area contributed by atoms with Crippen molar-refractivity contribution < 1.29 is 9.53 Å². The summed E-state index contributed by atoms with van der Waals surface area (Å²) in [5, 5.41) is 0. The first-order valence-corrected chi connectivity index (χ1v) is 12.5. The summed E-state index contributed by atoms with van der Waals surface area (Å²) < 4.78 is 7.91. The summed E-state index contributed by atoms with van der Waals surface area (Å²) in [7, 11) is 0. The van der Waals surface area contributed by atoms with Gasteiger partial charge in [-0.05, 0) is 57.2 Å². The van der Waals surface area contributed by atoms with Crippen LogP contribution in [0.4, 0.5) is 4.79 Å². The van der Waals surface area contributed by atoms with Gasteiger partial charge in [0.15, 0.2) is 0 Å². The normalized spacial score (nSPS) is 20.9. The number of carbonyl (C=O) groups is 1. The van der Waals surface area contributed by atoms with Gasteiger partial charge < -0.3 is 14.0 Å². The van der Waals surface area contributed by atoms with Crippen LogP contribution in [0.15, 0.2) is 48.7 Å². The van der Waals surface area contributed by atoms with Gasteiger partial charge in [-0.2, -0.15) is 0 Å². The summed E-state index contributed by atoms with van der Waals surface area (Å²) >= 11 is 0. The molecule has 3 saturated heterocycles. The first-order valence-electron chi connectivity index (χ1n) is 12.5. The molecule has 34 heavy (non-hydrogen) atoms. The van der Waals surface area contributed by atoms with Crippen LogP contribution in [0.3, 0.4) is 0 Å². The SMILES string of the molecule is CC(C)c1ccc(-c2nc3ccccn3c2CN2CC3CCC2CN3C(=O)OC(C)(C)C)cc1. The van der Waals surface area contributed by atoms with Crippen LogP contribution in [-0.4, -0.2) is 56.1 Å². The first kappa shape index (κ1) is 22.9. The molecule has 2 bridgehead atoms. The van der Waals surface area contributed by atoms with E-state index >= 15 is 0 Å². The molecule has 3 aromatic rings. The molecule has 3 fully saturated rings. The minimum Gasteiger partial charge on any atom is -0.444 e. The molecule has 2 aromatic heterocycles. The second-order valence-corrected chi connectivity index (χ2v) is 11.1. The smallest absolute Gasteiger partial charge is 0.410 e. The molecule has 1 aromatic carbocycles. The molecular formula is C28H36N4O2. The Labute approximate surface area is 202 Å². The Kier molecular flexibility index (Phi) is 5.88. The second-order valence-electron chi connectivity index (χ2n) is 11.1. The average Bonchev–Trinajstić information content (AvgIpc) is 3.17. The molecule has 6 nitrogen and oxygen atoms in total. The topological polar surface area (TPSA) is 50.1 Å². The van der Waals surface area contributed by atoms with Crippen molar-refractivity contribution in [3.63, 3.8) is 0 Å². The van der Waals surface area contributed by atoms with Crippen LogP contribution in [0.5, 0.6) is 0 Å². The number of aromatic nitrogens is 2. The van der Waals surface area contributed by atoms with Gasteiger partial charge in [-0.25, -0.2) is 9.78 Å². The van der Waals surface area contributed by atoms with Crippen LogP contribution in [0, 0.1) is 0 Å². The van der Waals surface area contributed by atoms with Crippen molar-refractivity contribution in [3.05, 3.63) is 59.9 Å². The molecule has 0 N–H and O–H groups in total. The van der Waals surface area contributed by atoms with Gasteiger partial charge in [-0.15, -0.1) is 0 Å². The number of carbonyl (C=O) groups excluding carboxylic acids is 1. The van der Waals surface area contributed by atoms with Gasteiger partial charge in [-0.1, -0.05) is 44.2 Å². The third-order valence-electron chi connectivity index (χ3n) is 7.10. The van der Waals surface area contributed by atoms with E-state index in [9.17, 15) is 4.79 Å². The summed E-state index contributed by atoms with van der Waals surface area (Å²) in [6, 6.07) is 15.6. The number of benzene rings is 1. The zero-order valence-electron chi connectivity index (χ0n) is 21.0. The number of piperidine rings is 2. The van der Waals surface area contributed by atoms with Crippen molar-refractivity contribution in [3.8, 4) is 11.3 Å². The highest BCUT2D eigenvalue weighted by Gasteiger charge is 2.42. The summed E-state index contributed by atoms with van der Waals surface area (Å²) in [5.74, 6) is 0.506. The molecule has 0 aliphatic carbocycles. The minimum atomic E-state index is -0.468. The number of rotatable bonds is 4. The number of nitrogens with zero attached hydrogens (tertiary/aromatic N) is 4. The monoisotopic (exact) mass is 460 g/mol. The minimum absolute atomic E-state index is 0.178. The van der Waals surface area contributed by atoms with Gasteiger partial charge in [-0.3, -0.25) is 4.90 Å². The molecule has 1 amide bonds. The Morgan fingerprint density at radius 3 is 2.44 bits per heavy atom. The molecule has 2 atom stereocenters. The predicted octanol–water partition coefficient (Wildman–Crippen LogP) is 5.71. The lowest BCUT2D eigenvalue weighted by Gasteiger charge is -2.51. The van der Waals surface area contributed by atoms with E-state index in [4.69, 9.17) is 9.72 Å². The van der Waals surface area contributed by atoms with Crippen molar-refractivity contribution in [1.29, 1.82) is 0 Å². The highest BCUT2D eigenvalue weighted by atomic mass is 16.6. The summed E-state index contributed by atoms with van der Waals surface area (Å²) in [5.41, 5.74) is 5.25. The molecule has 180 valence electrons.